The lowest BCUT2D eigenvalue weighted by molar-refractivity contribution is 0.554. The molecule has 6 heteroatoms. The maximum Gasteiger partial charge on any atom is 0.178 e. The predicted octanol–water partition coefficient (Wildman–Crippen LogP) is 4.69. The van der Waals surface area contributed by atoms with Gasteiger partial charge in [-0.15, -0.1) is 0 Å². The van der Waals surface area contributed by atoms with Gasteiger partial charge in [0.15, 0.2) is 9.84 Å². The third-order valence-corrected chi connectivity index (χ3v) is 5.26. The van der Waals surface area contributed by atoms with E-state index in [1.54, 1.807) is 31.2 Å². The van der Waals surface area contributed by atoms with Crippen molar-refractivity contribution in [2.45, 2.75) is 18.2 Å². The zero-order valence-corrected chi connectivity index (χ0v) is 14.4. The fourth-order valence-electron chi connectivity index (χ4n) is 2.89. The molecule has 0 bridgehead atoms. The van der Waals surface area contributed by atoms with Gasteiger partial charge in [-0.05, 0) is 59.9 Å². The Balaban J connectivity index is 2.18. The molecule has 0 saturated heterocycles. The van der Waals surface area contributed by atoms with E-state index in [0.717, 1.165) is 12.3 Å². The summed E-state index contributed by atoms with van der Waals surface area (Å²) in [6.07, 6.45) is 4.77. The molecule has 0 spiro atoms. The van der Waals surface area contributed by atoms with Crippen LogP contribution >= 0.6 is 0 Å². The van der Waals surface area contributed by atoms with Crippen LogP contribution in [0.3, 0.4) is 0 Å². The highest BCUT2D eigenvalue weighted by Crippen LogP contribution is 2.37. The van der Waals surface area contributed by atoms with Crippen molar-refractivity contribution in [3.63, 3.8) is 0 Å². The minimum atomic E-state index is -3.86. The lowest BCUT2D eigenvalue weighted by Crippen LogP contribution is -2.04. The van der Waals surface area contributed by atoms with Gasteiger partial charge in [0, 0.05) is 11.8 Å². The first-order valence-electron chi connectivity index (χ1n) is 7.54. The van der Waals surface area contributed by atoms with E-state index in [1.807, 2.05) is 0 Å². The third kappa shape index (κ3) is 3.26. The molecule has 0 aromatic heterocycles. The van der Waals surface area contributed by atoms with Gasteiger partial charge in [-0.25, -0.2) is 21.6 Å². The number of hydrogen-bond donors (Lipinski definition) is 0. The van der Waals surface area contributed by atoms with E-state index < -0.39 is 26.4 Å². The van der Waals surface area contributed by atoms with Crippen molar-refractivity contribution in [3.05, 3.63) is 76.6 Å². The van der Waals surface area contributed by atoms with Crippen LogP contribution in [-0.2, 0) is 9.84 Å². The first kappa shape index (κ1) is 17.5. The summed E-state index contributed by atoms with van der Waals surface area (Å²) in [6.45, 7) is 1.62. The van der Waals surface area contributed by atoms with Gasteiger partial charge in [0.2, 0.25) is 0 Å². The molecule has 0 atom stereocenters. The second kappa shape index (κ2) is 6.19. The van der Waals surface area contributed by atoms with E-state index in [2.05, 4.69) is 0 Å². The summed E-state index contributed by atoms with van der Waals surface area (Å²) in [5.74, 6) is -2.15. The van der Waals surface area contributed by atoms with Crippen LogP contribution in [0.4, 0.5) is 13.2 Å². The Morgan fingerprint density at radius 2 is 1.68 bits per heavy atom. The summed E-state index contributed by atoms with van der Waals surface area (Å²) < 4.78 is 65.2. The molecule has 25 heavy (non-hydrogen) atoms. The van der Waals surface area contributed by atoms with Gasteiger partial charge in [0.1, 0.15) is 22.3 Å². The molecule has 0 heterocycles. The smallest absolute Gasteiger partial charge is 0.178 e. The molecule has 2 nitrogen and oxygen atoms in total. The molecule has 130 valence electrons. The van der Waals surface area contributed by atoms with Gasteiger partial charge < -0.3 is 0 Å². The molecule has 1 aliphatic carbocycles. The molecule has 2 aromatic rings. The highest BCUT2D eigenvalue weighted by Gasteiger charge is 2.22. The third-order valence-electron chi connectivity index (χ3n) is 4.15. The molecule has 0 N–H and O–H groups in total. The second-order valence-corrected chi connectivity index (χ2v) is 7.98. The van der Waals surface area contributed by atoms with Crippen LogP contribution in [0.5, 0.6) is 0 Å². The molecule has 0 unspecified atom stereocenters. The maximum atomic E-state index is 14.5. The zero-order chi connectivity index (χ0) is 18.4. The van der Waals surface area contributed by atoms with E-state index in [1.165, 1.54) is 6.07 Å². The van der Waals surface area contributed by atoms with Crippen LogP contribution in [0, 0.1) is 24.4 Å². The lowest BCUT2D eigenvalue weighted by atomic mass is 9.95. The number of sulfone groups is 1. The molecular formula is C19H15F3O2S. The number of allylic oxidation sites excluding steroid dienone is 4. The van der Waals surface area contributed by atoms with Crippen LogP contribution in [-0.4, -0.2) is 14.7 Å². The van der Waals surface area contributed by atoms with E-state index in [-0.39, 0.29) is 11.4 Å². The van der Waals surface area contributed by atoms with Crippen molar-refractivity contribution >= 4 is 21.0 Å². The minimum absolute atomic E-state index is 0.00637. The fraction of sp³-hybridized carbons (Fsp3) is 0.158. The standard InChI is InChI=1S/C19H15F3O2S/c1-11-8-12(6-7-16(11)20)13-4-3-5-14(13)15-9-18(22)19(10-17(15)21)25(2,23)24/h3-4,6-10H,5H2,1-2H3. The Labute approximate surface area is 144 Å². The Hall–Kier alpha value is -2.34. The number of aryl methyl sites for hydroxylation is 1. The molecule has 0 fully saturated rings. The van der Waals surface area contributed by atoms with E-state index in [0.29, 0.717) is 34.8 Å². The molecule has 0 saturated carbocycles. The van der Waals surface area contributed by atoms with Crippen LogP contribution in [0.1, 0.15) is 23.1 Å². The average Bonchev–Trinajstić information content (AvgIpc) is 3.00. The molecule has 0 aliphatic heterocycles. The molecular weight excluding hydrogens is 349 g/mol. The Morgan fingerprint density at radius 3 is 2.32 bits per heavy atom. The molecule has 3 rings (SSSR count). The summed E-state index contributed by atoms with van der Waals surface area (Å²) in [4.78, 5) is -0.667. The summed E-state index contributed by atoms with van der Waals surface area (Å²) in [7, 11) is -3.86. The van der Waals surface area contributed by atoms with Gasteiger partial charge in [0.05, 0.1) is 0 Å². The van der Waals surface area contributed by atoms with Crippen molar-refractivity contribution < 1.29 is 21.6 Å². The summed E-state index contributed by atoms with van der Waals surface area (Å²) in [5.41, 5.74) is 2.33. The van der Waals surface area contributed by atoms with Gasteiger partial charge in [-0.1, -0.05) is 18.2 Å². The van der Waals surface area contributed by atoms with Gasteiger partial charge in [-0.2, -0.15) is 0 Å². The molecule has 1 aliphatic rings. The van der Waals surface area contributed by atoms with E-state index in [9.17, 15) is 21.6 Å². The first-order valence-corrected chi connectivity index (χ1v) is 9.43. The average molecular weight is 364 g/mol. The number of rotatable bonds is 3. The maximum absolute atomic E-state index is 14.5. The predicted molar refractivity (Wildman–Crippen MR) is 91.2 cm³/mol. The van der Waals surface area contributed by atoms with Gasteiger partial charge >= 0.3 is 0 Å². The highest BCUT2D eigenvalue weighted by atomic mass is 32.2. The molecule has 0 amide bonds. The zero-order valence-electron chi connectivity index (χ0n) is 13.6. The van der Waals surface area contributed by atoms with Crippen molar-refractivity contribution in [3.8, 4) is 0 Å². The van der Waals surface area contributed by atoms with Crippen LogP contribution in [0.2, 0.25) is 0 Å². The van der Waals surface area contributed by atoms with Crippen LogP contribution in [0.15, 0.2) is 47.4 Å². The normalized spacial score (nSPS) is 14.4. The van der Waals surface area contributed by atoms with Crippen molar-refractivity contribution in [2.24, 2.45) is 0 Å². The highest BCUT2D eigenvalue weighted by molar-refractivity contribution is 7.90. The fourth-order valence-corrected chi connectivity index (χ4v) is 3.62. The second-order valence-electron chi connectivity index (χ2n) is 6.00. The van der Waals surface area contributed by atoms with E-state index >= 15 is 0 Å². The Morgan fingerprint density at radius 1 is 0.960 bits per heavy atom. The Bertz CT molecular complexity index is 1030. The van der Waals surface area contributed by atoms with Crippen LogP contribution in [0.25, 0.3) is 11.1 Å². The van der Waals surface area contributed by atoms with Crippen LogP contribution < -0.4 is 0 Å². The van der Waals surface area contributed by atoms with Gasteiger partial charge in [0.25, 0.3) is 0 Å². The minimum Gasteiger partial charge on any atom is -0.224 e. The van der Waals surface area contributed by atoms with Crippen molar-refractivity contribution in [2.75, 3.05) is 6.26 Å². The summed E-state index contributed by atoms with van der Waals surface area (Å²) in [6, 6.07) is 6.15. The summed E-state index contributed by atoms with van der Waals surface area (Å²) >= 11 is 0. The number of halogens is 3. The lowest BCUT2D eigenvalue weighted by Gasteiger charge is -2.12. The van der Waals surface area contributed by atoms with Crippen molar-refractivity contribution in [1.29, 1.82) is 0 Å². The SMILES string of the molecule is Cc1cc(C2=C(c3cc(F)c(S(C)(=O)=O)cc3F)CC=C2)ccc1F. The molecule has 0 radical (unpaired) electrons. The quantitative estimate of drug-likeness (QED) is 0.792. The largest absolute Gasteiger partial charge is 0.224 e. The first-order chi connectivity index (χ1) is 11.7. The monoisotopic (exact) mass is 364 g/mol. The number of benzene rings is 2. The van der Waals surface area contributed by atoms with Gasteiger partial charge in [-0.3, -0.25) is 0 Å². The molecule has 2 aromatic carbocycles. The Kier molecular flexibility index (Phi) is 4.33. The van der Waals surface area contributed by atoms with Crippen molar-refractivity contribution in [1.82, 2.24) is 0 Å². The summed E-state index contributed by atoms with van der Waals surface area (Å²) in [5, 5.41) is 0. The number of hydrogen-bond acceptors (Lipinski definition) is 2. The topological polar surface area (TPSA) is 34.1 Å². The van der Waals surface area contributed by atoms with E-state index in [4.69, 9.17) is 0 Å².